The van der Waals surface area contributed by atoms with E-state index >= 15 is 0 Å². The van der Waals surface area contributed by atoms with E-state index in [0.29, 0.717) is 5.69 Å². The highest BCUT2D eigenvalue weighted by molar-refractivity contribution is 5.07. The van der Waals surface area contributed by atoms with Crippen LogP contribution in [0.1, 0.15) is 18.7 Å². The van der Waals surface area contributed by atoms with Gasteiger partial charge in [-0.3, -0.25) is 9.82 Å². The Morgan fingerprint density at radius 2 is 2.36 bits per heavy atom. The molecule has 0 bridgehead atoms. The van der Waals surface area contributed by atoms with Crippen LogP contribution in [0.2, 0.25) is 0 Å². The first kappa shape index (κ1) is 8.10. The van der Waals surface area contributed by atoms with Crippen LogP contribution in [0.25, 0.3) is 0 Å². The number of pyridine rings is 1. The summed E-state index contributed by atoms with van der Waals surface area (Å²) in [6.07, 6.45) is 0.834. The zero-order valence-corrected chi connectivity index (χ0v) is 6.12. The third-order valence-corrected chi connectivity index (χ3v) is 1.37. The minimum Gasteiger partial charge on any atom is -0.295 e. The van der Waals surface area contributed by atoms with Gasteiger partial charge in [-0.15, -0.1) is 0 Å². The number of rotatable bonds is 2. The van der Waals surface area contributed by atoms with Crippen LogP contribution >= 0.6 is 0 Å². The van der Waals surface area contributed by atoms with Crippen LogP contribution in [0.4, 0.5) is 4.39 Å². The van der Waals surface area contributed by atoms with Gasteiger partial charge in [-0.1, -0.05) is 0 Å². The molecule has 1 atom stereocenters. The van der Waals surface area contributed by atoms with Crippen LogP contribution in [-0.4, -0.2) is 4.98 Å². The fourth-order valence-corrected chi connectivity index (χ4v) is 0.697. The molecular formula is C7H9FN2O. The molecular weight excluding hydrogens is 147 g/mol. The second-order valence-corrected chi connectivity index (χ2v) is 2.18. The Bertz CT molecular complexity index is 224. The van der Waals surface area contributed by atoms with E-state index in [1.807, 2.05) is 0 Å². The van der Waals surface area contributed by atoms with Crippen molar-refractivity contribution < 1.29 is 9.23 Å². The number of nitrogens with zero attached hydrogens (tertiary/aromatic N) is 1. The lowest BCUT2D eigenvalue weighted by Crippen LogP contribution is -2.06. The minimum atomic E-state index is -0.363. The van der Waals surface area contributed by atoms with Crippen LogP contribution in [-0.2, 0) is 4.84 Å². The summed E-state index contributed by atoms with van der Waals surface area (Å²) in [6, 6.07) is 2.85. The van der Waals surface area contributed by atoms with Crippen molar-refractivity contribution >= 4 is 0 Å². The van der Waals surface area contributed by atoms with E-state index in [1.165, 1.54) is 12.1 Å². The summed E-state index contributed by atoms with van der Waals surface area (Å²) in [5, 5.41) is 0. The normalized spacial score (nSPS) is 13.0. The molecule has 0 fully saturated rings. The Morgan fingerprint density at radius 3 is 2.82 bits per heavy atom. The molecule has 1 aromatic heterocycles. The van der Waals surface area contributed by atoms with E-state index in [4.69, 9.17) is 5.90 Å². The highest BCUT2D eigenvalue weighted by atomic mass is 19.1. The molecule has 0 saturated heterocycles. The molecule has 1 aromatic rings. The van der Waals surface area contributed by atoms with Crippen molar-refractivity contribution in [2.45, 2.75) is 13.0 Å². The maximum Gasteiger partial charge on any atom is 0.141 e. The van der Waals surface area contributed by atoms with Crippen LogP contribution < -0.4 is 5.90 Å². The highest BCUT2D eigenvalue weighted by Gasteiger charge is 2.04. The Labute approximate surface area is 64.0 Å². The van der Waals surface area contributed by atoms with Gasteiger partial charge in [0.2, 0.25) is 0 Å². The number of hydrogen-bond acceptors (Lipinski definition) is 3. The number of aromatic nitrogens is 1. The fraction of sp³-hybridized carbons (Fsp3) is 0.286. The summed E-state index contributed by atoms with van der Waals surface area (Å²) in [5.41, 5.74) is 0.619. The minimum absolute atomic E-state index is 0.296. The summed E-state index contributed by atoms with van der Waals surface area (Å²) in [7, 11) is 0. The van der Waals surface area contributed by atoms with E-state index in [9.17, 15) is 4.39 Å². The Morgan fingerprint density at radius 1 is 1.64 bits per heavy atom. The zero-order chi connectivity index (χ0) is 8.27. The lowest BCUT2D eigenvalue weighted by molar-refractivity contribution is 0.0633. The standard InChI is InChI=1S/C7H9FN2O/c1-5(11-9)7-3-2-6(8)4-10-7/h2-5H,9H2,1H3. The molecule has 2 N–H and O–H groups in total. The number of halogens is 1. The summed E-state index contributed by atoms with van der Waals surface area (Å²) >= 11 is 0. The largest absolute Gasteiger partial charge is 0.295 e. The summed E-state index contributed by atoms with van der Waals surface area (Å²) < 4.78 is 12.3. The average molecular weight is 156 g/mol. The van der Waals surface area contributed by atoms with Gasteiger partial charge < -0.3 is 0 Å². The van der Waals surface area contributed by atoms with Crippen molar-refractivity contribution in [3.8, 4) is 0 Å². The molecule has 60 valence electrons. The molecule has 4 heteroatoms. The molecule has 0 amide bonds. The molecule has 3 nitrogen and oxygen atoms in total. The molecule has 0 aliphatic rings. The van der Waals surface area contributed by atoms with E-state index in [1.54, 1.807) is 6.92 Å². The lowest BCUT2D eigenvalue weighted by Gasteiger charge is -2.06. The Hall–Kier alpha value is -1.00. The van der Waals surface area contributed by atoms with Crippen molar-refractivity contribution in [2.75, 3.05) is 0 Å². The molecule has 0 aromatic carbocycles. The van der Waals surface area contributed by atoms with Crippen LogP contribution in [0, 0.1) is 5.82 Å². The summed E-state index contributed by atoms with van der Waals surface area (Å²) in [5.74, 6) is 4.55. The van der Waals surface area contributed by atoms with Gasteiger partial charge in [0.05, 0.1) is 11.9 Å². The average Bonchev–Trinajstić information content (AvgIpc) is 2.05. The SMILES string of the molecule is CC(ON)c1ccc(F)cn1. The van der Waals surface area contributed by atoms with Gasteiger partial charge in [-0.2, -0.15) is 0 Å². The van der Waals surface area contributed by atoms with Crippen LogP contribution in [0.15, 0.2) is 18.3 Å². The highest BCUT2D eigenvalue weighted by Crippen LogP contribution is 2.10. The molecule has 1 unspecified atom stereocenters. The van der Waals surface area contributed by atoms with Crippen molar-refractivity contribution in [3.05, 3.63) is 29.8 Å². The molecule has 11 heavy (non-hydrogen) atoms. The van der Waals surface area contributed by atoms with Gasteiger partial charge in [0.25, 0.3) is 0 Å². The number of nitrogens with two attached hydrogens (primary N) is 1. The zero-order valence-electron chi connectivity index (χ0n) is 6.12. The van der Waals surface area contributed by atoms with E-state index in [2.05, 4.69) is 9.82 Å². The van der Waals surface area contributed by atoms with Gasteiger partial charge >= 0.3 is 0 Å². The summed E-state index contributed by atoms with van der Waals surface area (Å²) in [4.78, 5) is 8.26. The van der Waals surface area contributed by atoms with Crippen molar-refractivity contribution in [2.24, 2.45) is 5.90 Å². The first-order chi connectivity index (χ1) is 5.24. The topological polar surface area (TPSA) is 48.1 Å². The Kier molecular flexibility index (Phi) is 2.51. The maximum atomic E-state index is 12.3. The lowest BCUT2D eigenvalue weighted by atomic mass is 10.2. The van der Waals surface area contributed by atoms with Crippen molar-refractivity contribution in [1.29, 1.82) is 0 Å². The monoisotopic (exact) mass is 156 g/mol. The van der Waals surface area contributed by atoms with Gasteiger partial charge in [0.15, 0.2) is 0 Å². The van der Waals surface area contributed by atoms with Crippen LogP contribution in [0.5, 0.6) is 0 Å². The second-order valence-electron chi connectivity index (χ2n) is 2.18. The van der Waals surface area contributed by atoms with Crippen molar-refractivity contribution in [3.63, 3.8) is 0 Å². The number of hydrogen-bond donors (Lipinski definition) is 1. The predicted octanol–water partition coefficient (Wildman–Crippen LogP) is 1.17. The van der Waals surface area contributed by atoms with E-state index in [0.717, 1.165) is 6.20 Å². The third-order valence-electron chi connectivity index (χ3n) is 1.37. The molecule has 0 radical (unpaired) electrons. The van der Waals surface area contributed by atoms with Gasteiger partial charge in [0.1, 0.15) is 11.9 Å². The fourth-order valence-electron chi connectivity index (χ4n) is 0.697. The van der Waals surface area contributed by atoms with Crippen molar-refractivity contribution in [1.82, 2.24) is 4.98 Å². The van der Waals surface area contributed by atoms with Crippen LogP contribution in [0.3, 0.4) is 0 Å². The second kappa shape index (κ2) is 3.41. The van der Waals surface area contributed by atoms with Gasteiger partial charge in [0, 0.05) is 0 Å². The third kappa shape index (κ3) is 1.96. The first-order valence-electron chi connectivity index (χ1n) is 3.21. The Balaban J connectivity index is 2.81. The predicted molar refractivity (Wildman–Crippen MR) is 37.9 cm³/mol. The maximum absolute atomic E-state index is 12.3. The van der Waals surface area contributed by atoms with E-state index < -0.39 is 0 Å². The smallest absolute Gasteiger partial charge is 0.141 e. The van der Waals surface area contributed by atoms with Gasteiger partial charge in [-0.25, -0.2) is 10.3 Å². The molecule has 0 aliphatic carbocycles. The quantitative estimate of drug-likeness (QED) is 0.654. The molecule has 1 rings (SSSR count). The van der Waals surface area contributed by atoms with E-state index in [-0.39, 0.29) is 11.9 Å². The summed E-state index contributed by atoms with van der Waals surface area (Å²) in [6.45, 7) is 1.74. The van der Waals surface area contributed by atoms with Gasteiger partial charge in [-0.05, 0) is 19.1 Å². The molecule has 0 saturated carbocycles. The molecule has 1 heterocycles. The first-order valence-corrected chi connectivity index (χ1v) is 3.21. The molecule has 0 aliphatic heterocycles. The molecule has 0 spiro atoms.